The van der Waals surface area contributed by atoms with Gasteiger partial charge in [-0.3, -0.25) is 4.90 Å². The van der Waals surface area contributed by atoms with E-state index in [9.17, 15) is 13.9 Å². The average Bonchev–Trinajstić information content (AvgIpc) is 2.42. The third kappa shape index (κ3) is 4.68. The number of halogens is 4. The first-order valence-corrected chi connectivity index (χ1v) is 6.09. The van der Waals surface area contributed by atoms with Crippen molar-refractivity contribution in [1.82, 2.24) is 10.2 Å². The Bertz CT molecular complexity index is 491. The lowest BCUT2D eigenvalue weighted by molar-refractivity contribution is 0.0170. The maximum atomic E-state index is 13.3. The molecule has 1 saturated heterocycles. The van der Waals surface area contributed by atoms with Gasteiger partial charge in [-0.1, -0.05) is 0 Å². The molecule has 2 rings (SSSR count). The largest absolute Gasteiger partial charge is 0.508 e. The maximum Gasteiger partial charge on any atom is 0.258 e. The number of benzene rings is 1. The highest BCUT2D eigenvalue weighted by Crippen LogP contribution is 2.34. The minimum Gasteiger partial charge on any atom is -0.508 e. The number of piperazine rings is 1. The van der Waals surface area contributed by atoms with Crippen molar-refractivity contribution in [2.24, 2.45) is 0 Å². The smallest absolute Gasteiger partial charge is 0.258 e. The predicted octanol–water partition coefficient (Wildman–Crippen LogP) is 2.32. The Labute approximate surface area is 134 Å². The van der Waals surface area contributed by atoms with E-state index in [4.69, 9.17) is 5.26 Å². The monoisotopic (exact) mass is 339 g/mol. The van der Waals surface area contributed by atoms with Crippen molar-refractivity contribution in [3.63, 3.8) is 0 Å². The van der Waals surface area contributed by atoms with Gasteiger partial charge < -0.3 is 10.4 Å². The number of alkyl halides is 2. The molecule has 8 heteroatoms. The van der Waals surface area contributed by atoms with E-state index in [2.05, 4.69) is 5.32 Å². The quantitative estimate of drug-likeness (QED) is 0.887. The van der Waals surface area contributed by atoms with Crippen LogP contribution in [0.1, 0.15) is 17.2 Å². The Hall–Kier alpha value is -1.13. The fourth-order valence-corrected chi connectivity index (χ4v) is 2.31. The van der Waals surface area contributed by atoms with E-state index in [0.717, 1.165) is 0 Å². The van der Waals surface area contributed by atoms with E-state index in [1.54, 1.807) is 4.90 Å². The molecule has 2 N–H and O–H groups in total. The SMILES string of the molecule is Cl.Cl.N#Cc1ccc(O)c([C@@H](C(F)F)N2CCNCC2)c1. The fourth-order valence-electron chi connectivity index (χ4n) is 2.31. The lowest BCUT2D eigenvalue weighted by Crippen LogP contribution is -2.46. The molecule has 1 aromatic carbocycles. The molecule has 1 atom stereocenters. The molecule has 118 valence electrons. The summed E-state index contributed by atoms with van der Waals surface area (Å²) in [6.07, 6.45) is -2.61. The van der Waals surface area contributed by atoms with E-state index in [-0.39, 0.29) is 41.7 Å². The summed E-state index contributed by atoms with van der Waals surface area (Å²) < 4.78 is 26.7. The Morgan fingerprint density at radius 2 is 1.86 bits per heavy atom. The van der Waals surface area contributed by atoms with Gasteiger partial charge in [0.2, 0.25) is 0 Å². The number of nitrogens with zero attached hydrogens (tertiary/aromatic N) is 2. The van der Waals surface area contributed by atoms with Gasteiger partial charge >= 0.3 is 0 Å². The van der Waals surface area contributed by atoms with Crippen LogP contribution >= 0.6 is 24.8 Å². The number of hydrogen-bond donors (Lipinski definition) is 2. The lowest BCUT2D eigenvalue weighted by atomic mass is 10.0. The van der Waals surface area contributed by atoms with Crippen LogP contribution in [0.3, 0.4) is 0 Å². The highest BCUT2D eigenvalue weighted by atomic mass is 35.5. The van der Waals surface area contributed by atoms with E-state index in [1.165, 1.54) is 18.2 Å². The molecule has 1 aromatic rings. The molecule has 0 bridgehead atoms. The van der Waals surface area contributed by atoms with Crippen LogP contribution in [0.4, 0.5) is 8.78 Å². The summed E-state index contributed by atoms with van der Waals surface area (Å²) in [6.45, 7) is 2.26. The van der Waals surface area contributed by atoms with Crippen LogP contribution in [0.5, 0.6) is 5.75 Å². The van der Waals surface area contributed by atoms with Crippen molar-refractivity contribution < 1.29 is 13.9 Å². The first-order chi connectivity index (χ1) is 9.13. The minimum atomic E-state index is -2.61. The van der Waals surface area contributed by atoms with E-state index >= 15 is 0 Å². The molecule has 1 fully saturated rings. The summed E-state index contributed by atoms with van der Waals surface area (Å²) in [4.78, 5) is 1.64. The lowest BCUT2D eigenvalue weighted by Gasteiger charge is -2.34. The summed E-state index contributed by atoms with van der Waals surface area (Å²) in [5.74, 6) is -0.192. The fraction of sp³-hybridized carbons (Fsp3) is 0.462. The highest BCUT2D eigenvalue weighted by molar-refractivity contribution is 5.85. The number of hydrogen-bond acceptors (Lipinski definition) is 4. The molecular weight excluding hydrogens is 323 g/mol. The molecule has 0 unspecified atom stereocenters. The van der Waals surface area contributed by atoms with Crippen molar-refractivity contribution in [2.75, 3.05) is 26.2 Å². The molecular formula is C13H17Cl2F2N3O. The van der Waals surface area contributed by atoms with Crippen molar-refractivity contribution in [1.29, 1.82) is 5.26 Å². The summed E-state index contributed by atoms with van der Waals surface area (Å²) in [5.41, 5.74) is 0.393. The first kappa shape index (κ1) is 19.9. The molecule has 0 aromatic heterocycles. The molecule has 0 aliphatic carbocycles. The van der Waals surface area contributed by atoms with Gasteiger partial charge in [0.15, 0.2) is 0 Å². The van der Waals surface area contributed by atoms with Crippen LogP contribution in [-0.2, 0) is 0 Å². The zero-order valence-electron chi connectivity index (χ0n) is 11.1. The van der Waals surface area contributed by atoms with Gasteiger partial charge in [-0.2, -0.15) is 5.26 Å². The van der Waals surface area contributed by atoms with Crippen LogP contribution < -0.4 is 5.32 Å². The van der Waals surface area contributed by atoms with Crippen LogP contribution in [0.2, 0.25) is 0 Å². The normalized spacial score (nSPS) is 16.5. The van der Waals surface area contributed by atoms with E-state index in [1.807, 2.05) is 6.07 Å². The van der Waals surface area contributed by atoms with Gasteiger partial charge in [-0.15, -0.1) is 24.8 Å². The number of nitrogens with one attached hydrogen (secondary N) is 1. The van der Waals surface area contributed by atoms with E-state index in [0.29, 0.717) is 26.2 Å². The van der Waals surface area contributed by atoms with Gasteiger partial charge in [0.05, 0.1) is 11.6 Å². The van der Waals surface area contributed by atoms with Crippen LogP contribution in [0.25, 0.3) is 0 Å². The molecule has 4 nitrogen and oxygen atoms in total. The third-order valence-corrected chi connectivity index (χ3v) is 3.26. The number of phenolic OH excluding ortho intramolecular Hbond substituents is 1. The molecule has 0 saturated carbocycles. The van der Waals surface area contributed by atoms with Crippen LogP contribution in [0, 0.1) is 11.3 Å². The second-order valence-electron chi connectivity index (χ2n) is 4.45. The number of aromatic hydroxyl groups is 1. The van der Waals surface area contributed by atoms with Gasteiger partial charge in [0, 0.05) is 31.7 Å². The second kappa shape index (κ2) is 9.00. The summed E-state index contributed by atoms with van der Waals surface area (Å²) >= 11 is 0. The van der Waals surface area contributed by atoms with Crippen LogP contribution in [0.15, 0.2) is 18.2 Å². The van der Waals surface area contributed by atoms with Crippen molar-refractivity contribution in [2.45, 2.75) is 12.5 Å². The number of phenols is 1. The summed E-state index contributed by atoms with van der Waals surface area (Å²) in [7, 11) is 0. The summed E-state index contributed by atoms with van der Waals surface area (Å²) in [6, 6.07) is 4.79. The van der Waals surface area contributed by atoms with Crippen molar-refractivity contribution >= 4 is 24.8 Å². The molecule has 21 heavy (non-hydrogen) atoms. The Kier molecular flexibility index (Phi) is 8.52. The zero-order chi connectivity index (χ0) is 13.8. The van der Waals surface area contributed by atoms with Gasteiger partial charge in [-0.25, -0.2) is 8.78 Å². The average molecular weight is 340 g/mol. The van der Waals surface area contributed by atoms with Gasteiger partial charge in [-0.05, 0) is 18.2 Å². The highest BCUT2D eigenvalue weighted by Gasteiger charge is 2.32. The molecule has 1 aliphatic heterocycles. The third-order valence-electron chi connectivity index (χ3n) is 3.26. The number of nitriles is 1. The van der Waals surface area contributed by atoms with Gasteiger partial charge in [0.1, 0.15) is 11.8 Å². The first-order valence-electron chi connectivity index (χ1n) is 6.09. The van der Waals surface area contributed by atoms with Crippen LogP contribution in [-0.4, -0.2) is 42.6 Å². The molecule has 0 spiro atoms. The maximum absolute atomic E-state index is 13.3. The summed E-state index contributed by atoms with van der Waals surface area (Å²) in [5, 5.41) is 21.7. The molecule has 1 aliphatic rings. The zero-order valence-corrected chi connectivity index (χ0v) is 12.8. The Morgan fingerprint density at radius 1 is 1.24 bits per heavy atom. The standard InChI is InChI=1S/C13H15F2N3O.2ClH/c14-13(15)12(18-5-3-17-4-6-18)10-7-9(8-16)1-2-11(10)19;;/h1-2,7,12-13,17,19H,3-6H2;2*1H/t12-;;/m0../s1. The second-order valence-corrected chi connectivity index (χ2v) is 4.45. The van der Waals surface area contributed by atoms with Crippen molar-refractivity contribution in [3.05, 3.63) is 29.3 Å². The Balaban J connectivity index is 0.00000200. The Morgan fingerprint density at radius 3 is 2.38 bits per heavy atom. The molecule has 0 radical (unpaired) electrons. The number of rotatable bonds is 3. The minimum absolute atomic E-state index is 0. The van der Waals surface area contributed by atoms with E-state index < -0.39 is 12.5 Å². The topological polar surface area (TPSA) is 59.3 Å². The van der Waals surface area contributed by atoms with Crippen molar-refractivity contribution in [3.8, 4) is 11.8 Å². The predicted molar refractivity (Wildman–Crippen MR) is 80.5 cm³/mol. The van der Waals surface area contributed by atoms with Gasteiger partial charge in [0.25, 0.3) is 6.43 Å². The molecule has 1 heterocycles. The molecule has 0 amide bonds.